The van der Waals surface area contributed by atoms with Crippen molar-refractivity contribution in [2.45, 2.75) is 68.2 Å². The van der Waals surface area contributed by atoms with Gasteiger partial charge >= 0.3 is 5.97 Å². The zero-order valence-corrected chi connectivity index (χ0v) is 14.8. The Morgan fingerprint density at radius 2 is 1.45 bits per heavy atom. The predicted octanol–water partition coefficient (Wildman–Crippen LogP) is 4.44. The number of carbonyl (C=O) groups excluding carboxylic acids is 1. The fraction of sp³-hybridized carbons (Fsp3) is 0.941. The van der Waals surface area contributed by atoms with Crippen molar-refractivity contribution in [2.75, 3.05) is 19.8 Å². The van der Waals surface area contributed by atoms with Gasteiger partial charge in [-0.3, -0.25) is 4.79 Å². The van der Waals surface area contributed by atoms with Gasteiger partial charge < -0.3 is 9.47 Å². The monoisotopic (exact) mass is 286 g/mol. The zero-order valence-electron chi connectivity index (χ0n) is 14.8. The minimum atomic E-state index is -0.649. The molecule has 0 rings (SSSR count). The molecule has 120 valence electrons. The van der Waals surface area contributed by atoms with Gasteiger partial charge in [0.05, 0.1) is 13.2 Å². The second-order valence-corrected chi connectivity index (χ2v) is 7.53. The summed E-state index contributed by atoms with van der Waals surface area (Å²) in [4.78, 5) is 12.8. The van der Waals surface area contributed by atoms with E-state index in [0.717, 1.165) is 12.8 Å². The normalized spacial score (nSPS) is 13.4. The highest BCUT2D eigenvalue weighted by Crippen LogP contribution is 2.52. The van der Waals surface area contributed by atoms with E-state index in [1.165, 1.54) is 0 Å². The van der Waals surface area contributed by atoms with Crippen LogP contribution in [0.4, 0.5) is 0 Å². The number of unbranched alkanes of at least 4 members (excludes halogenated alkanes) is 1. The molecule has 0 aromatic rings. The van der Waals surface area contributed by atoms with Crippen molar-refractivity contribution < 1.29 is 14.3 Å². The van der Waals surface area contributed by atoms with Crippen LogP contribution in [0.5, 0.6) is 0 Å². The third-order valence-corrected chi connectivity index (χ3v) is 4.16. The maximum absolute atomic E-state index is 12.8. The van der Waals surface area contributed by atoms with Crippen molar-refractivity contribution in [3.8, 4) is 0 Å². The van der Waals surface area contributed by atoms with E-state index in [1.54, 1.807) is 0 Å². The van der Waals surface area contributed by atoms with Gasteiger partial charge in [-0.05, 0) is 24.2 Å². The van der Waals surface area contributed by atoms with Gasteiger partial charge in [0.1, 0.15) is 5.41 Å². The maximum Gasteiger partial charge on any atom is 0.315 e. The van der Waals surface area contributed by atoms with Crippen LogP contribution in [0.3, 0.4) is 0 Å². The van der Waals surface area contributed by atoms with Crippen molar-refractivity contribution in [3.05, 3.63) is 0 Å². The molecule has 3 nitrogen and oxygen atoms in total. The molecule has 20 heavy (non-hydrogen) atoms. The van der Waals surface area contributed by atoms with Crippen LogP contribution in [-0.2, 0) is 14.3 Å². The second-order valence-electron chi connectivity index (χ2n) is 7.53. The number of carbonyl (C=O) groups is 1. The van der Waals surface area contributed by atoms with E-state index in [9.17, 15) is 4.79 Å². The molecule has 0 saturated carbocycles. The molecule has 0 spiro atoms. The lowest BCUT2D eigenvalue weighted by Gasteiger charge is -2.50. The minimum Gasteiger partial charge on any atom is -0.465 e. The first-order valence-electron chi connectivity index (χ1n) is 7.79. The molecule has 0 aliphatic carbocycles. The van der Waals surface area contributed by atoms with Gasteiger partial charge in [-0.25, -0.2) is 0 Å². The highest BCUT2D eigenvalue weighted by Gasteiger charge is 2.57. The zero-order chi connectivity index (χ0) is 16.0. The van der Waals surface area contributed by atoms with Crippen LogP contribution >= 0.6 is 0 Å². The average molecular weight is 286 g/mol. The molecule has 0 bridgehead atoms. The van der Waals surface area contributed by atoms with Crippen LogP contribution in [0.2, 0.25) is 0 Å². The molecular formula is C17H34O3. The van der Waals surface area contributed by atoms with Crippen molar-refractivity contribution in [2.24, 2.45) is 16.2 Å². The summed E-state index contributed by atoms with van der Waals surface area (Å²) in [6, 6.07) is 0. The Morgan fingerprint density at radius 1 is 0.950 bits per heavy atom. The standard InChI is InChI=1S/C17H34O3/c1-9-11-12-20-14(18)17(13-19-10-2,15(3,4)5)16(6,7)8/h9-13H2,1-8H3. The fourth-order valence-corrected chi connectivity index (χ4v) is 2.92. The summed E-state index contributed by atoms with van der Waals surface area (Å²) in [6.45, 7) is 18.1. The molecule has 0 radical (unpaired) electrons. The van der Waals surface area contributed by atoms with Gasteiger partial charge in [-0.2, -0.15) is 0 Å². The molecular weight excluding hydrogens is 252 g/mol. The fourth-order valence-electron chi connectivity index (χ4n) is 2.92. The molecule has 0 fully saturated rings. The third-order valence-electron chi connectivity index (χ3n) is 4.16. The number of rotatable bonds is 7. The number of hydrogen-bond acceptors (Lipinski definition) is 3. The molecule has 0 atom stereocenters. The van der Waals surface area contributed by atoms with E-state index in [4.69, 9.17) is 9.47 Å². The number of hydrogen-bond donors (Lipinski definition) is 0. The van der Waals surface area contributed by atoms with Crippen molar-refractivity contribution in [1.29, 1.82) is 0 Å². The van der Waals surface area contributed by atoms with Crippen LogP contribution < -0.4 is 0 Å². The van der Waals surface area contributed by atoms with E-state index in [2.05, 4.69) is 48.5 Å². The molecule has 0 aromatic heterocycles. The summed E-state index contributed by atoms with van der Waals surface area (Å²) in [6.07, 6.45) is 1.93. The second kappa shape index (κ2) is 7.44. The number of esters is 1. The average Bonchev–Trinajstić information content (AvgIpc) is 2.26. The topological polar surface area (TPSA) is 35.5 Å². The van der Waals surface area contributed by atoms with Gasteiger partial charge in [-0.1, -0.05) is 54.9 Å². The molecule has 0 amide bonds. The Balaban J connectivity index is 5.45. The van der Waals surface area contributed by atoms with E-state index in [1.807, 2.05) is 6.92 Å². The Kier molecular flexibility index (Phi) is 7.23. The highest BCUT2D eigenvalue weighted by atomic mass is 16.5. The quantitative estimate of drug-likeness (QED) is 0.512. The summed E-state index contributed by atoms with van der Waals surface area (Å²) >= 11 is 0. The highest BCUT2D eigenvalue weighted by molar-refractivity contribution is 5.79. The van der Waals surface area contributed by atoms with Crippen LogP contribution in [-0.4, -0.2) is 25.8 Å². The van der Waals surface area contributed by atoms with Crippen LogP contribution in [0.25, 0.3) is 0 Å². The molecule has 0 heterocycles. The molecule has 0 aliphatic heterocycles. The maximum atomic E-state index is 12.8. The molecule has 0 aromatic carbocycles. The lowest BCUT2D eigenvalue weighted by molar-refractivity contribution is -0.185. The number of ether oxygens (including phenoxy) is 2. The Hall–Kier alpha value is -0.570. The Labute approximate surface area is 125 Å². The van der Waals surface area contributed by atoms with E-state index in [0.29, 0.717) is 19.8 Å². The van der Waals surface area contributed by atoms with Crippen LogP contribution in [0.1, 0.15) is 68.2 Å². The first-order chi connectivity index (χ1) is 9.04. The molecule has 0 aliphatic rings. The SMILES string of the molecule is CCCCOC(=O)C(COCC)(C(C)(C)C)C(C)(C)C. The Bertz CT molecular complexity index is 280. The molecule has 0 N–H and O–H groups in total. The van der Waals surface area contributed by atoms with E-state index < -0.39 is 5.41 Å². The summed E-state index contributed by atoms with van der Waals surface area (Å²) < 4.78 is 11.3. The van der Waals surface area contributed by atoms with Gasteiger partial charge in [0.15, 0.2) is 0 Å². The van der Waals surface area contributed by atoms with E-state index in [-0.39, 0.29) is 16.8 Å². The lowest BCUT2D eigenvalue weighted by atomic mass is 9.54. The minimum absolute atomic E-state index is 0.126. The smallest absolute Gasteiger partial charge is 0.315 e. The molecule has 0 saturated heterocycles. The van der Waals surface area contributed by atoms with Crippen LogP contribution in [0.15, 0.2) is 0 Å². The van der Waals surface area contributed by atoms with Crippen molar-refractivity contribution >= 4 is 5.97 Å². The van der Waals surface area contributed by atoms with Crippen molar-refractivity contribution in [1.82, 2.24) is 0 Å². The molecule has 3 heteroatoms. The Morgan fingerprint density at radius 3 is 1.80 bits per heavy atom. The van der Waals surface area contributed by atoms with Gasteiger partial charge in [0.2, 0.25) is 0 Å². The first-order valence-corrected chi connectivity index (χ1v) is 7.79. The summed E-state index contributed by atoms with van der Waals surface area (Å²) in [5.41, 5.74) is -1.11. The predicted molar refractivity (Wildman–Crippen MR) is 83.7 cm³/mol. The van der Waals surface area contributed by atoms with Gasteiger partial charge in [-0.15, -0.1) is 0 Å². The van der Waals surface area contributed by atoms with E-state index >= 15 is 0 Å². The lowest BCUT2D eigenvalue weighted by Crippen LogP contribution is -2.56. The van der Waals surface area contributed by atoms with Gasteiger partial charge in [0.25, 0.3) is 0 Å². The van der Waals surface area contributed by atoms with Crippen LogP contribution in [0, 0.1) is 16.2 Å². The van der Waals surface area contributed by atoms with Crippen molar-refractivity contribution in [3.63, 3.8) is 0 Å². The summed E-state index contributed by atoms with van der Waals surface area (Å²) in [5.74, 6) is -0.126. The summed E-state index contributed by atoms with van der Waals surface area (Å²) in [7, 11) is 0. The summed E-state index contributed by atoms with van der Waals surface area (Å²) in [5, 5.41) is 0. The third kappa shape index (κ3) is 4.21. The molecule has 0 unspecified atom stereocenters. The largest absolute Gasteiger partial charge is 0.465 e. The van der Waals surface area contributed by atoms with Gasteiger partial charge in [0, 0.05) is 6.61 Å². The first kappa shape index (κ1) is 19.4.